The van der Waals surface area contributed by atoms with Gasteiger partial charge in [-0.25, -0.2) is 4.79 Å². The normalized spacial score (nSPS) is 16.5. The molecule has 4 amide bonds. The number of carbonyl (C=O) groups excluding carboxylic acids is 3. The van der Waals surface area contributed by atoms with Crippen LogP contribution in [0, 0.1) is 3.57 Å². The van der Waals surface area contributed by atoms with Crippen LogP contribution in [0.3, 0.4) is 0 Å². The van der Waals surface area contributed by atoms with E-state index >= 15 is 0 Å². The summed E-state index contributed by atoms with van der Waals surface area (Å²) in [4.78, 5) is 37.6. The van der Waals surface area contributed by atoms with Crippen molar-refractivity contribution in [2.24, 2.45) is 0 Å². The summed E-state index contributed by atoms with van der Waals surface area (Å²) in [6.45, 7) is -0.294. The van der Waals surface area contributed by atoms with Gasteiger partial charge in [0.05, 0.1) is 0 Å². The number of carbonyl (C=O) groups is 3. The first-order valence-electron chi connectivity index (χ1n) is 8.24. The number of anilines is 1. The second kappa shape index (κ2) is 8.31. The number of nitrogens with zero attached hydrogens (tertiary/aromatic N) is 1. The fraction of sp³-hybridized carbons (Fsp3) is 0.211. The van der Waals surface area contributed by atoms with Crippen molar-refractivity contribution in [1.82, 2.24) is 10.2 Å². The van der Waals surface area contributed by atoms with Gasteiger partial charge in [0.25, 0.3) is 5.91 Å². The lowest BCUT2D eigenvalue weighted by atomic mass is 10.1. The molecule has 0 bridgehead atoms. The van der Waals surface area contributed by atoms with E-state index in [1.54, 1.807) is 6.07 Å². The van der Waals surface area contributed by atoms with Crippen molar-refractivity contribution in [2.45, 2.75) is 18.9 Å². The molecule has 1 saturated heterocycles. The fourth-order valence-electron chi connectivity index (χ4n) is 2.79. The van der Waals surface area contributed by atoms with Gasteiger partial charge in [-0.15, -0.1) is 0 Å². The fourth-order valence-corrected chi connectivity index (χ4v) is 3.33. The van der Waals surface area contributed by atoms with Crippen molar-refractivity contribution in [2.75, 3.05) is 11.9 Å². The molecule has 1 aliphatic heterocycles. The lowest BCUT2D eigenvalue weighted by Gasteiger charge is -2.13. The Morgan fingerprint density at radius 2 is 1.88 bits per heavy atom. The van der Waals surface area contributed by atoms with E-state index in [1.165, 1.54) is 0 Å². The Bertz CT molecular complexity index is 826. The van der Waals surface area contributed by atoms with Gasteiger partial charge < -0.3 is 10.6 Å². The summed E-state index contributed by atoms with van der Waals surface area (Å²) in [5, 5.41) is 5.36. The molecule has 0 spiro atoms. The van der Waals surface area contributed by atoms with Crippen LogP contribution in [0.5, 0.6) is 0 Å². The lowest BCUT2D eigenvalue weighted by molar-refractivity contribution is -0.130. The maximum absolute atomic E-state index is 12.4. The van der Waals surface area contributed by atoms with Gasteiger partial charge in [0.15, 0.2) is 0 Å². The smallest absolute Gasteiger partial charge is 0.325 e. The Morgan fingerprint density at radius 3 is 2.62 bits per heavy atom. The molecule has 3 rings (SSSR count). The first-order chi connectivity index (χ1) is 12.5. The second-order valence-corrected chi connectivity index (χ2v) is 7.25. The van der Waals surface area contributed by atoms with Crippen LogP contribution in [0.15, 0.2) is 54.6 Å². The van der Waals surface area contributed by atoms with Crippen LogP contribution in [0.4, 0.5) is 10.5 Å². The number of imide groups is 1. The molecule has 0 aromatic heterocycles. The zero-order valence-electron chi connectivity index (χ0n) is 13.9. The molecule has 1 unspecified atom stereocenters. The summed E-state index contributed by atoms with van der Waals surface area (Å²) in [7, 11) is 0. The Labute approximate surface area is 165 Å². The molecule has 0 saturated carbocycles. The molecule has 134 valence electrons. The summed E-state index contributed by atoms with van der Waals surface area (Å²) in [6, 6.07) is 16.0. The summed E-state index contributed by atoms with van der Waals surface area (Å²) in [5.41, 5.74) is 1.74. The van der Waals surface area contributed by atoms with Gasteiger partial charge in [0, 0.05) is 9.26 Å². The number of aryl methyl sites for hydroxylation is 1. The third-order valence-corrected chi connectivity index (χ3v) is 4.75. The highest BCUT2D eigenvalue weighted by molar-refractivity contribution is 14.1. The van der Waals surface area contributed by atoms with E-state index < -0.39 is 18.0 Å². The van der Waals surface area contributed by atoms with E-state index in [0.29, 0.717) is 18.5 Å². The predicted molar refractivity (Wildman–Crippen MR) is 107 cm³/mol. The van der Waals surface area contributed by atoms with E-state index in [2.05, 4.69) is 33.2 Å². The number of hydrogen-bond acceptors (Lipinski definition) is 3. The molecular weight excluding hydrogens is 445 g/mol. The number of urea groups is 1. The zero-order chi connectivity index (χ0) is 18.5. The first-order valence-corrected chi connectivity index (χ1v) is 9.32. The zero-order valence-corrected chi connectivity index (χ0v) is 16.1. The molecule has 0 radical (unpaired) electrons. The van der Waals surface area contributed by atoms with E-state index in [1.807, 2.05) is 48.5 Å². The predicted octanol–water partition coefficient (Wildman–Crippen LogP) is 2.78. The third-order valence-electron chi connectivity index (χ3n) is 4.08. The van der Waals surface area contributed by atoms with E-state index in [9.17, 15) is 14.4 Å². The van der Waals surface area contributed by atoms with Crippen LogP contribution in [0.1, 0.15) is 12.0 Å². The molecule has 6 nitrogen and oxygen atoms in total. The minimum atomic E-state index is -0.590. The maximum Gasteiger partial charge on any atom is 0.325 e. The molecule has 26 heavy (non-hydrogen) atoms. The van der Waals surface area contributed by atoms with Crippen LogP contribution in [-0.4, -0.2) is 35.3 Å². The quantitative estimate of drug-likeness (QED) is 0.511. The van der Waals surface area contributed by atoms with E-state index in [-0.39, 0.29) is 12.5 Å². The maximum atomic E-state index is 12.4. The van der Waals surface area contributed by atoms with Crippen molar-refractivity contribution in [1.29, 1.82) is 0 Å². The third kappa shape index (κ3) is 4.60. The molecule has 2 aromatic rings. The largest absolute Gasteiger partial charge is 0.326 e. The summed E-state index contributed by atoms with van der Waals surface area (Å²) < 4.78 is 0.983. The average molecular weight is 463 g/mol. The van der Waals surface area contributed by atoms with Crippen molar-refractivity contribution in [3.05, 3.63) is 63.7 Å². The van der Waals surface area contributed by atoms with Crippen molar-refractivity contribution >= 4 is 46.1 Å². The van der Waals surface area contributed by atoms with Crippen LogP contribution in [0.2, 0.25) is 0 Å². The molecule has 0 aliphatic carbocycles. The number of benzene rings is 2. The van der Waals surface area contributed by atoms with E-state index in [0.717, 1.165) is 14.0 Å². The SMILES string of the molecule is O=C(CN1C(=O)NC(CCc2ccccc2)C1=O)Nc1cccc(I)c1. The van der Waals surface area contributed by atoms with Crippen molar-refractivity contribution in [3.63, 3.8) is 0 Å². The standard InChI is InChI=1S/C19H18IN3O3/c20-14-7-4-8-15(11-14)21-17(24)12-23-18(25)16(22-19(23)26)10-9-13-5-2-1-3-6-13/h1-8,11,16H,9-10,12H2,(H,21,24)(H,22,26). The van der Waals surface area contributed by atoms with Gasteiger partial charge in [-0.3, -0.25) is 14.5 Å². The van der Waals surface area contributed by atoms with Gasteiger partial charge in [0.2, 0.25) is 5.91 Å². The number of halogens is 1. The van der Waals surface area contributed by atoms with Crippen molar-refractivity contribution < 1.29 is 14.4 Å². The number of amides is 4. The van der Waals surface area contributed by atoms with Crippen LogP contribution in [0.25, 0.3) is 0 Å². The minimum Gasteiger partial charge on any atom is -0.326 e. The Kier molecular flexibility index (Phi) is 5.87. The highest BCUT2D eigenvalue weighted by Crippen LogP contribution is 2.15. The molecule has 7 heteroatoms. The van der Waals surface area contributed by atoms with Gasteiger partial charge in [-0.1, -0.05) is 36.4 Å². The van der Waals surface area contributed by atoms with Gasteiger partial charge in [-0.05, 0) is 59.2 Å². The van der Waals surface area contributed by atoms with Crippen LogP contribution >= 0.6 is 22.6 Å². The average Bonchev–Trinajstić information content (AvgIpc) is 2.88. The highest BCUT2D eigenvalue weighted by Gasteiger charge is 2.38. The molecule has 2 aromatic carbocycles. The number of rotatable bonds is 6. The summed E-state index contributed by atoms with van der Waals surface area (Å²) in [6.07, 6.45) is 1.18. The molecule has 1 atom stereocenters. The number of nitrogens with one attached hydrogen (secondary N) is 2. The monoisotopic (exact) mass is 463 g/mol. The molecule has 1 aliphatic rings. The van der Waals surface area contributed by atoms with Crippen molar-refractivity contribution in [3.8, 4) is 0 Å². The Hall–Kier alpha value is -2.42. The molecule has 2 N–H and O–H groups in total. The highest BCUT2D eigenvalue weighted by atomic mass is 127. The summed E-state index contributed by atoms with van der Waals surface area (Å²) >= 11 is 2.15. The first kappa shape index (κ1) is 18.4. The number of hydrogen-bond donors (Lipinski definition) is 2. The van der Waals surface area contributed by atoms with E-state index in [4.69, 9.17) is 0 Å². The Morgan fingerprint density at radius 1 is 1.12 bits per heavy atom. The molecule has 1 fully saturated rings. The summed E-state index contributed by atoms with van der Waals surface area (Å²) in [5.74, 6) is -0.761. The lowest BCUT2D eigenvalue weighted by Crippen LogP contribution is -2.38. The van der Waals surface area contributed by atoms with Crippen LogP contribution in [-0.2, 0) is 16.0 Å². The molecular formula is C19H18IN3O3. The second-order valence-electron chi connectivity index (χ2n) is 6.01. The Balaban J connectivity index is 1.55. The van der Waals surface area contributed by atoms with Gasteiger partial charge in [0.1, 0.15) is 12.6 Å². The van der Waals surface area contributed by atoms with Gasteiger partial charge in [-0.2, -0.15) is 0 Å². The molecule has 1 heterocycles. The van der Waals surface area contributed by atoms with Gasteiger partial charge >= 0.3 is 6.03 Å². The minimum absolute atomic E-state index is 0.294. The topological polar surface area (TPSA) is 78.5 Å². The van der Waals surface area contributed by atoms with Crippen LogP contribution < -0.4 is 10.6 Å².